The standard InChI is InChI=1S/C19H13NOS2/c21-19(12-11-14-6-5-13-22-14)20-15-7-1-3-9-17(15)23-18-10-4-2-8-16(18)20/h1-13H. The summed E-state index contributed by atoms with van der Waals surface area (Å²) in [5, 5.41) is 2.01. The maximum atomic E-state index is 12.9. The van der Waals surface area contributed by atoms with Crippen LogP contribution in [0.15, 0.2) is 81.9 Å². The van der Waals surface area contributed by atoms with Gasteiger partial charge in [-0.15, -0.1) is 11.3 Å². The van der Waals surface area contributed by atoms with Gasteiger partial charge in [-0.2, -0.15) is 0 Å². The summed E-state index contributed by atoms with van der Waals surface area (Å²) < 4.78 is 0. The van der Waals surface area contributed by atoms with E-state index < -0.39 is 0 Å². The van der Waals surface area contributed by atoms with Gasteiger partial charge in [-0.25, -0.2) is 0 Å². The smallest absolute Gasteiger partial charge is 0.255 e. The van der Waals surface area contributed by atoms with Gasteiger partial charge >= 0.3 is 0 Å². The van der Waals surface area contributed by atoms with E-state index >= 15 is 0 Å². The molecule has 2 aromatic carbocycles. The summed E-state index contributed by atoms with van der Waals surface area (Å²) in [5.41, 5.74) is 1.88. The highest BCUT2D eigenvalue weighted by Gasteiger charge is 2.26. The average Bonchev–Trinajstić information content (AvgIpc) is 3.11. The summed E-state index contributed by atoms with van der Waals surface area (Å²) in [7, 11) is 0. The average molecular weight is 335 g/mol. The molecule has 0 N–H and O–H groups in total. The number of para-hydroxylation sites is 2. The maximum absolute atomic E-state index is 12.9. The van der Waals surface area contributed by atoms with Crippen molar-refractivity contribution in [3.8, 4) is 0 Å². The Labute approximate surface area is 143 Å². The molecule has 2 heterocycles. The predicted octanol–water partition coefficient (Wildman–Crippen LogP) is 5.59. The van der Waals surface area contributed by atoms with Gasteiger partial charge in [-0.3, -0.25) is 9.69 Å². The second kappa shape index (κ2) is 6.07. The van der Waals surface area contributed by atoms with Gasteiger partial charge < -0.3 is 0 Å². The Hall–Kier alpha value is -2.30. The van der Waals surface area contributed by atoms with Crippen LogP contribution in [0.1, 0.15) is 4.88 Å². The third-order valence-corrected chi connectivity index (χ3v) is 5.55. The molecule has 4 rings (SSSR count). The van der Waals surface area contributed by atoms with E-state index in [1.54, 1.807) is 34.1 Å². The predicted molar refractivity (Wildman–Crippen MR) is 97.5 cm³/mol. The van der Waals surface area contributed by atoms with E-state index in [2.05, 4.69) is 12.1 Å². The van der Waals surface area contributed by atoms with Crippen LogP contribution >= 0.6 is 23.1 Å². The molecule has 1 aliphatic rings. The van der Waals surface area contributed by atoms with E-state index in [1.165, 1.54) is 0 Å². The van der Waals surface area contributed by atoms with Gasteiger partial charge in [0.05, 0.1) is 11.4 Å². The summed E-state index contributed by atoms with van der Waals surface area (Å²) in [5.74, 6) is -0.0291. The molecule has 0 atom stereocenters. The number of benzene rings is 2. The Morgan fingerprint density at radius 3 is 2.13 bits per heavy atom. The second-order valence-electron chi connectivity index (χ2n) is 5.06. The Bertz CT molecular complexity index is 838. The lowest BCUT2D eigenvalue weighted by atomic mass is 10.2. The zero-order chi connectivity index (χ0) is 15.6. The Balaban J connectivity index is 1.76. The van der Waals surface area contributed by atoms with Gasteiger partial charge in [0.2, 0.25) is 0 Å². The van der Waals surface area contributed by atoms with Crippen molar-refractivity contribution in [3.05, 3.63) is 77.0 Å². The number of amides is 1. The molecule has 0 aliphatic carbocycles. The topological polar surface area (TPSA) is 20.3 Å². The van der Waals surface area contributed by atoms with Crippen LogP contribution in [-0.2, 0) is 4.79 Å². The number of thiophene rings is 1. The highest BCUT2D eigenvalue weighted by Crippen LogP contribution is 2.47. The van der Waals surface area contributed by atoms with Gasteiger partial charge in [-0.1, -0.05) is 42.1 Å². The number of rotatable bonds is 2. The first-order valence-electron chi connectivity index (χ1n) is 7.24. The van der Waals surface area contributed by atoms with Crippen molar-refractivity contribution in [3.63, 3.8) is 0 Å². The van der Waals surface area contributed by atoms with E-state index in [0.29, 0.717) is 0 Å². The Kier molecular flexibility index (Phi) is 3.77. The van der Waals surface area contributed by atoms with Gasteiger partial charge in [0.15, 0.2) is 0 Å². The lowest BCUT2D eigenvalue weighted by Gasteiger charge is -2.30. The van der Waals surface area contributed by atoms with E-state index in [9.17, 15) is 4.79 Å². The fourth-order valence-corrected chi connectivity index (χ4v) is 4.23. The molecular formula is C19H13NOS2. The molecular weight excluding hydrogens is 322 g/mol. The van der Waals surface area contributed by atoms with Crippen LogP contribution in [0.2, 0.25) is 0 Å². The number of carbonyl (C=O) groups is 1. The molecule has 0 saturated carbocycles. The highest BCUT2D eigenvalue weighted by atomic mass is 32.2. The van der Waals surface area contributed by atoms with Crippen LogP contribution in [0.25, 0.3) is 6.08 Å². The lowest BCUT2D eigenvalue weighted by molar-refractivity contribution is -0.113. The Morgan fingerprint density at radius 2 is 1.52 bits per heavy atom. The summed E-state index contributed by atoms with van der Waals surface area (Å²) in [6, 6.07) is 20.0. The largest absolute Gasteiger partial charge is 0.275 e. The molecule has 1 aromatic heterocycles. The minimum absolute atomic E-state index is 0.0291. The monoisotopic (exact) mass is 335 g/mol. The fourth-order valence-electron chi connectivity index (χ4n) is 2.56. The zero-order valence-corrected chi connectivity index (χ0v) is 13.8. The summed E-state index contributed by atoms with van der Waals surface area (Å²) >= 11 is 3.32. The normalized spacial score (nSPS) is 13.0. The number of hydrogen-bond donors (Lipinski definition) is 0. The zero-order valence-electron chi connectivity index (χ0n) is 12.2. The molecule has 0 bridgehead atoms. The number of carbonyl (C=O) groups excluding carboxylic acids is 1. The minimum Gasteiger partial charge on any atom is -0.275 e. The molecule has 23 heavy (non-hydrogen) atoms. The van der Waals surface area contributed by atoms with Crippen molar-refractivity contribution >= 4 is 46.5 Å². The Morgan fingerprint density at radius 1 is 0.870 bits per heavy atom. The third-order valence-electron chi connectivity index (χ3n) is 3.59. The fraction of sp³-hybridized carbons (Fsp3) is 0. The van der Waals surface area contributed by atoms with E-state index in [1.807, 2.05) is 60.0 Å². The van der Waals surface area contributed by atoms with Gasteiger partial charge in [0, 0.05) is 20.7 Å². The maximum Gasteiger partial charge on any atom is 0.255 e. The van der Waals surface area contributed by atoms with E-state index in [0.717, 1.165) is 26.0 Å². The van der Waals surface area contributed by atoms with Crippen LogP contribution in [-0.4, -0.2) is 5.91 Å². The third kappa shape index (κ3) is 2.71. The van der Waals surface area contributed by atoms with Crippen molar-refractivity contribution < 1.29 is 4.79 Å². The molecule has 2 nitrogen and oxygen atoms in total. The summed E-state index contributed by atoms with van der Waals surface area (Å²) in [4.78, 5) is 17.9. The molecule has 3 aromatic rings. The van der Waals surface area contributed by atoms with Crippen molar-refractivity contribution in [2.75, 3.05) is 4.90 Å². The van der Waals surface area contributed by atoms with Gasteiger partial charge in [0.25, 0.3) is 5.91 Å². The highest BCUT2D eigenvalue weighted by molar-refractivity contribution is 7.99. The molecule has 0 spiro atoms. The number of hydrogen-bond acceptors (Lipinski definition) is 3. The van der Waals surface area contributed by atoms with E-state index in [4.69, 9.17) is 0 Å². The molecule has 0 saturated heterocycles. The molecule has 0 unspecified atom stereocenters. The molecule has 1 aliphatic heterocycles. The van der Waals surface area contributed by atoms with Crippen molar-refractivity contribution in [2.24, 2.45) is 0 Å². The van der Waals surface area contributed by atoms with Crippen LogP contribution < -0.4 is 4.90 Å². The molecule has 1 amide bonds. The molecule has 112 valence electrons. The number of fused-ring (bicyclic) bond motifs is 2. The van der Waals surface area contributed by atoms with Crippen LogP contribution in [0.3, 0.4) is 0 Å². The van der Waals surface area contributed by atoms with Crippen LogP contribution in [0.4, 0.5) is 11.4 Å². The van der Waals surface area contributed by atoms with Gasteiger partial charge in [-0.05, 0) is 41.8 Å². The van der Waals surface area contributed by atoms with Crippen LogP contribution in [0, 0.1) is 0 Å². The molecule has 0 fully saturated rings. The quantitative estimate of drug-likeness (QED) is 0.569. The molecule has 4 heteroatoms. The summed E-state index contributed by atoms with van der Waals surface area (Å²) in [6.07, 6.45) is 3.52. The SMILES string of the molecule is O=C(C=Cc1cccs1)N1c2ccccc2Sc2ccccc21. The number of nitrogens with zero attached hydrogens (tertiary/aromatic N) is 1. The minimum atomic E-state index is -0.0291. The van der Waals surface area contributed by atoms with Gasteiger partial charge in [0.1, 0.15) is 0 Å². The van der Waals surface area contributed by atoms with Crippen LogP contribution in [0.5, 0.6) is 0 Å². The second-order valence-corrected chi connectivity index (χ2v) is 7.12. The first-order valence-corrected chi connectivity index (χ1v) is 8.94. The van der Waals surface area contributed by atoms with Crippen molar-refractivity contribution in [2.45, 2.75) is 9.79 Å². The first kappa shape index (κ1) is 14.3. The number of anilines is 2. The van der Waals surface area contributed by atoms with E-state index in [-0.39, 0.29) is 5.91 Å². The van der Waals surface area contributed by atoms with Crippen molar-refractivity contribution in [1.82, 2.24) is 0 Å². The lowest BCUT2D eigenvalue weighted by Crippen LogP contribution is -2.26. The molecule has 0 radical (unpaired) electrons. The van der Waals surface area contributed by atoms with Crippen molar-refractivity contribution in [1.29, 1.82) is 0 Å². The first-order chi connectivity index (χ1) is 11.3. The summed E-state index contributed by atoms with van der Waals surface area (Å²) in [6.45, 7) is 0.